The van der Waals surface area contributed by atoms with Gasteiger partial charge in [0, 0.05) is 13.2 Å². The first-order valence-corrected chi connectivity index (χ1v) is 10.6. The Bertz CT molecular complexity index is 607. The fourth-order valence-corrected chi connectivity index (χ4v) is 3.47. The Kier molecular flexibility index (Phi) is 9.12. The van der Waals surface area contributed by atoms with Crippen LogP contribution in [0.1, 0.15) is 61.9 Å². The normalized spacial score (nSPS) is 24.1. The van der Waals surface area contributed by atoms with Crippen LogP contribution in [0.15, 0.2) is 60.7 Å². The molecule has 4 atom stereocenters. The molecule has 29 heavy (non-hydrogen) atoms. The van der Waals surface area contributed by atoms with Crippen molar-refractivity contribution in [2.45, 2.75) is 63.3 Å². The molecule has 4 rings (SSSR count). The summed E-state index contributed by atoms with van der Waals surface area (Å²) in [6.45, 7) is 1.69. The Morgan fingerprint density at radius 2 is 1.07 bits per heavy atom. The largest absolute Gasteiger partial charge is 0.385 e. The summed E-state index contributed by atoms with van der Waals surface area (Å²) in [7, 11) is 0. The van der Waals surface area contributed by atoms with Gasteiger partial charge in [0.2, 0.25) is 0 Å². The Labute approximate surface area is 173 Å². The molecule has 2 fully saturated rings. The summed E-state index contributed by atoms with van der Waals surface area (Å²) >= 11 is 0. The number of ether oxygens (including phenoxy) is 3. The number of benzene rings is 2. The van der Waals surface area contributed by atoms with Crippen LogP contribution in [-0.2, 0) is 14.2 Å². The Morgan fingerprint density at radius 3 is 1.41 bits per heavy atom. The van der Waals surface area contributed by atoms with Gasteiger partial charge >= 0.3 is 0 Å². The predicted octanol–water partition coefficient (Wildman–Crippen LogP) is 4.51. The zero-order valence-corrected chi connectivity index (χ0v) is 16.9. The van der Waals surface area contributed by atoms with E-state index in [1.807, 2.05) is 36.4 Å². The van der Waals surface area contributed by atoms with E-state index in [0.717, 1.165) is 37.2 Å². The molecule has 2 N–H and O–H groups in total. The molecule has 5 nitrogen and oxygen atoms in total. The van der Waals surface area contributed by atoms with Crippen LogP contribution >= 0.6 is 0 Å². The van der Waals surface area contributed by atoms with Gasteiger partial charge in [-0.25, -0.2) is 0 Å². The molecule has 0 aromatic heterocycles. The monoisotopic (exact) mass is 400 g/mol. The van der Waals surface area contributed by atoms with Crippen molar-refractivity contribution >= 4 is 0 Å². The van der Waals surface area contributed by atoms with Crippen molar-refractivity contribution in [1.29, 1.82) is 0 Å². The SMILES string of the molecule is C1CCC(OC2CCCCO2)OC1.OC(c1ccccc1)C(O)c1ccccc1. The van der Waals surface area contributed by atoms with Gasteiger partial charge in [0.05, 0.1) is 0 Å². The van der Waals surface area contributed by atoms with Crippen molar-refractivity contribution in [3.05, 3.63) is 71.8 Å². The second kappa shape index (κ2) is 12.1. The van der Waals surface area contributed by atoms with E-state index in [4.69, 9.17) is 14.2 Å². The minimum atomic E-state index is -0.886. The van der Waals surface area contributed by atoms with Crippen LogP contribution in [0.4, 0.5) is 0 Å². The molecule has 2 aromatic rings. The van der Waals surface area contributed by atoms with Crippen LogP contribution in [-0.4, -0.2) is 36.0 Å². The highest BCUT2D eigenvalue weighted by molar-refractivity contribution is 5.24. The summed E-state index contributed by atoms with van der Waals surface area (Å²) < 4.78 is 16.6. The fraction of sp³-hybridized carbons (Fsp3) is 0.500. The minimum Gasteiger partial charge on any atom is -0.385 e. The second-order valence-electron chi connectivity index (χ2n) is 7.44. The number of hydrogen-bond donors (Lipinski definition) is 2. The standard InChI is InChI=1S/C14H14O2.C10H18O3/c15-13(11-7-3-1-4-8-11)14(16)12-9-5-2-6-10-12;1-3-7-11-9(5-1)13-10-6-2-4-8-12-10/h1-10,13-16H;9-10H,1-8H2. The quantitative estimate of drug-likeness (QED) is 0.773. The summed E-state index contributed by atoms with van der Waals surface area (Å²) in [5.74, 6) is 0. The highest BCUT2D eigenvalue weighted by Gasteiger charge is 2.22. The maximum atomic E-state index is 9.99. The van der Waals surface area contributed by atoms with Gasteiger partial charge in [-0.2, -0.15) is 0 Å². The van der Waals surface area contributed by atoms with Crippen molar-refractivity contribution in [2.24, 2.45) is 0 Å². The van der Waals surface area contributed by atoms with Gasteiger partial charge in [0.1, 0.15) is 12.2 Å². The van der Waals surface area contributed by atoms with Gasteiger partial charge in [-0.05, 0) is 49.7 Å². The van der Waals surface area contributed by atoms with E-state index in [2.05, 4.69) is 0 Å². The molecule has 0 amide bonds. The molecular formula is C24H32O5. The molecule has 0 aliphatic carbocycles. The Balaban J connectivity index is 0.000000169. The van der Waals surface area contributed by atoms with Gasteiger partial charge in [-0.1, -0.05) is 60.7 Å². The molecule has 0 radical (unpaired) electrons. The van der Waals surface area contributed by atoms with E-state index < -0.39 is 12.2 Å². The van der Waals surface area contributed by atoms with Crippen LogP contribution in [0.25, 0.3) is 0 Å². The summed E-state index contributed by atoms with van der Waals surface area (Å²) in [4.78, 5) is 0. The third-order valence-electron chi connectivity index (χ3n) is 5.16. The van der Waals surface area contributed by atoms with Gasteiger partial charge in [-0.15, -0.1) is 0 Å². The number of aliphatic hydroxyl groups excluding tert-OH is 2. The lowest BCUT2D eigenvalue weighted by Gasteiger charge is -2.29. The third-order valence-corrected chi connectivity index (χ3v) is 5.16. The number of rotatable bonds is 5. The van der Waals surface area contributed by atoms with Gasteiger partial charge in [-0.3, -0.25) is 0 Å². The topological polar surface area (TPSA) is 68.2 Å². The zero-order valence-electron chi connectivity index (χ0n) is 16.9. The van der Waals surface area contributed by atoms with Crippen LogP contribution in [0.2, 0.25) is 0 Å². The first kappa shape index (κ1) is 21.9. The number of hydrogen-bond acceptors (Lipinski definition) is 5. The van der Waals surface area contributed by atoms with E-state index in [1.54, 1.807) is 24.3 Å². The van der Waals surface area contributed by atoms with Crippen molar-refractivity contribution in [3.63, 3.8) is 0 Å². The summed E-state index contributed by atoms with van der Waals surface area (Å²) in [6, 6.07) is 18.3. The lowest BCUT2D eigenvalue weighted by molar-refractivity contribution is -0.264. The molecule has 158 valence electrons. The molecule has 2 aromatic carbocycles. The van der Waals surface area contributed by atoms with Crippen LogP contribution in [0.3, 0.4) is 0 Å². The molecule has 0 bridgehead atoms. The van der Waals surface area contributed by atoms with E-state index >= 15 is 0 Å². The van der Waals surface area contributed by atoms with Crippen molar-refractivity contribution in [3.8, 4) is 0 Å². The van der Waals surface area contributed by atoms with E-state index in [0.29, 0.717) is 0 Å². The molecule has 2 saturated heterocycles. The minimum absolute atomic E-state index is 0.00292. The van der Waals surface area contributed by atoms with Crippen molar-refractivity contribution in [1.82, 2.24) is 0 Å². The third kappa shape index (κ3) is 7.21. The fourth-order valence-electron chi connectivity index (χ4n) is 3.47. The average Bonchev–Trinajstić information content (AvgIpc) is 2.81. The van der Waals surface area contributed by atoms with E-state index in [-0.39, 0.29) is 12.6 Å². The molecule has 2 aliphatic heterocycles. The smallest absolute Gasteiger partial charge is 0.160 e. The maximum absolute atomic E-state index is 9.99. The Morgan fingerprint density at radius 1 is 0.655 bits per heavy atom. The molecule has 5 heteroatoms. The lowest BCUT2D eigenvalue weighted by Crippen LogP contribution is -2.31. The highest BCUT2D eigenvalue weighted by Crippen LogP contribution is 2.28. The molecular weight excluding hydrogens is 368 g/mol. The van der Waals surface area contributed by atoms with E-state index in [1.165, 1.54) is 25.7 Å². The summed E-state index contributed by atoms with van der Waals surface area (Å²) in [6.07, 6.45) is 5.06. The lowest BCUT2D eigenvalue weighted by atomic mass is 9.99. The van der Waals surface area contributed by atoms with Gasteiger partial charge < -0.3 is 24.4 Å². The predicted molar refractivity (Wildman–Crippen MR) is 111 cm³/mol. The molecule has 0 saturated carbocycles. The summed E-state index contributed by atoms with van der Waals surface area (Å²) in [5, 5.41) is 20.0. The molecule has 2 heterocycles. The maximum Gasteiger partial charge on any atom is 0.160 e. The number of aliphatic hydroxyl groups is 2. The first-order valence-electron chi connectivity index (χ1n) is 10.6. The van der Waals surface area contributed by atoms with Crippen LogP contribution < -0.4 is 0 Å². The van der Waals surface area contributed by atoms with E-state index in [9.17, 15) is 10.2 Å². The Hall–Kier alpha value is -1.76. The van der Waals surface area contributed by atoms with Crippen LogP contribution in [0.5, 0.6) is 0 Å². The summed E-state index contributed by atoms with van der Waals surface area (Å²) in [5.41, 5.74) is 1.44. The van der Waals surface area contributed by atoms with Crippen molar-refractivity contribution in [2.75, 3.05) is 13.2 Å². The molecule has 4 unspecified atom stereocenters. The molecule has 0 spiro atoms. The first-order chi connectivity index (χ1) is 14.2. The van der Waals surface area contributed by atoms with Gasteiger partial charge in [0.15, 0.2) is 12.6 Å². The molecule has 2 aliphatic rings. The average molecular weight is 401 g/mol. The van der Waals surface area contributed by atoms with Crippen LogP contribution in [0, 0.1) is 0 Å². The van der Waals surface area contributed by atoms with Gasteiger partial charge in [0.25, 0.3) is 0 Å². The second-order valence-corrected chi connectivity index (χ2v) is 7.44. The highest BCUT2D eigenvalue weighted by atomic mass is 16.8. The zero-order chi connectivity index (χ0) is 20.3. The van der Waals surface area contributed by atoms with Crippen molar-refractivity contribution < 1.29 is 24.4 Å².